The van der Waals surface area contributed by atoms with Crippen LogP contribution >= 0.6 is 0 Å². The van der Waals surface area contributed by atoms with Crippen LogP contribution in [0.2, 0.25) is 0 Å². The zero-order chi connectivity index (χ0) is 32.1. The fraction of sp³-hybridized carbons (Fsp3) is 0.400. The number of hydrogen-bond acceptors (Lipinski definition) is 7. The molecule has 2 amide bonds. The number of aliphatic hydroxyl groups excluding tert-OH is 1. The first-order valence-electron chi connectivity index (χ1n) is 15.6. The Bertz CT molecular complexity index is 1620. The summed E-state index contributed by atoms with van der Waals surface area (Å²) in [7, 11) is 1.60. The maximum Gasteiger partial charge on any atom is 0.325 e. The van der Waals surface area contributed by atoms with Crippen LogP contribution in [0.25, 0.3) is 10.9 Å². The summed E-state index contributed by atoms with van der Waals surface area (Å²) in [4.78, 5) is 34.2. The van der Waals surface area contributed by atoms with Crippen molar-refractivity contribution < 1.29 is 19.8 Å². The van der Waals surface area contributed by atoms with Crippen LogP contribution in [0.1, 0.15) is 61.9 Å². The Kier molecular flexibility index (Phi) is 9.86. The minimum Gasteiger partial charge on any atom is -0.393 e. The molecule has 0 unspecified atom stereocenters. The summed E-state index contributed by atoms with van der Waals surface area (Å²) in [5.74, 6) is 0.626. The molecule has 0 bridgehead atoms. The van der Waals surface area contributed by atoms with E-state index in [4.69, 9.17) is 0 Å². The molecule has 2 aromatic heterocycles. The monoisotopic (exact) mass is 612 g/mol. The van der Waals surface area contributed by atoms with Crippen molar-refractivity contribution in [2.24, 2.45) is 0 Å². The number of β-amino-alcohol motifs (C(OH)–C–C–N with tert-alkyl or cyclic N) is 1. The molecule has 10 heteroatoms. The highest BCUT2D eigenvalue weighted by atomic mass is 16.3. The van der Waals surface area contributed by atoms with Crippen LogP contribution < -0.4 is 15.5 Å². The first-order chi connectivity index (χ1) is 21.5. The minimum absolute atomic E-state index is 0.211. The molecular formula is C35H44N6O4. The maximum absolute atomic E-state index is 13.2. The number of anilines is 3. The lowest BCUT2D eigenvalue weighted by Crippen LogP contribution is -2.42. The number of amides is 2. The molecule has 45 heavy (non-hydrogen) atoms. The normalized spacial score (nSPS) is 15.2. The van der Waals surface area contributed by atoms with E-state index in [1.165, 1.54) is 5.56 Å². The Labute approximate surface area is 264 Å². The SMILES string of the molecule is CNC(=O)n1ccc2cc(N(CC[C@H](C)O)c3ccnc(NC(=O)c4ccc(C5CCN(CC(C)(C)O)CC5)cc4)c3)ccc21. The number of pyridine rings is 1. The van der Waals surface area contributed by atoms with Crippen LogP contribution in [0.3, 0.4) is 0 Å². The largest absolute Gasteiger partial charge is 0.393 e. The molecule has 238 valence electrons. The molecule has 1 atom stereocenters. The second-order valence-electron chi connectivity index (χ2n) is 12.6. The molecule has 1 saturated heterocycles. The van der Waals surface area contributed by atoms with Crippen molar-refractivity contribution in [1.29, 1.82) is 0 Å². The zero-order valence-corrected chi connectivity index (χ0v) is 26.5. The smallest absolute Gasteiger partial charge is 0.325 e. The lowest BCUT2D eigenvalue weighted by molar-refractivity contribution is 0.0282. The second-order valence-corrected chi connectivity index (χ2v) is 12.6. The third-order valence-corrected chi connectivity index (χ3v) is 8.33. The van der Waals surface area contributed by atoms with Gasteiger partial charge in [0.15, 0.2) is 0 Å². The van der Waals surface area contributed by atoms with Crippen molar-refractivity contribution in [2.75, 3.05) is 43.4 Å². The molecule has 4 aromatic rings. The summed E-state index contributed by atoms with van der Waals surface area (Å²) in [6.45, 7) is 8.56. The third kappa shape index (κ3) is 8.08. The van der Waals surface area contributed by atoms with E-state index < -0.39 is 11.7 Å². The Hall–Kier alpha value is -4.25. The lowest BCUT2D eigenvalue weighted by atomic mass is 9.88. The second kappa shape index (κ2) is 13.8. The van der Waals surface area contributed by atoms with Gasteiger partial charge in [0.05, 0.1) is 17.2 Å². The Morgan fingerprint density at radius 3 is 2.42 bits per heavy atom. The molecule has 0 saturated carbocycles. The first kappa shape index (κ1) is 32.2. The van der Waals surface area contributed by atoms with Gasteiger partial charge in [-0.2, -0.15) is 0 Å². The van der Waals surface area contributed by atoms with Crippen LogP contribution in [0, 0.1) is 0 Å². The van der Waals surface area contributed by atoms with E-state index in [1.807, 2.05) is 74.5 Å². The van der Waals surface area contributed by atoms with Gasteiger partial charge in [0.25, 0.3) is 5.91 Å². The molecule has 0 aliphatic carbocycles. The quantitative estimate of drug-likeness (QED) is 0.191. The van der Waals surface area contributed by atoms with Gasteiger partial charge in [0.2, 0.25) is 0 Å². The summed E-state index contributed by atoms with van der Waals surface area (Å²) < 4.78 is 1.56. The first-order valence-corrected chi connectivity index (χ1v) is 15.6. The molecule has 5 rings (SSSR count). The van der Waals surface area contributed by atoms with Crippen molar-refractivity contribution >= 4 is 40.0 Å². The van der Waals surface area contributed by atoms with E-state index in [0.717, 1.165) is 48.2 Å². The van der Waals surface area contributed by atoms with E-state index in [-0.39, 0.29) is 11.9 Å². The number of nitrogens with zero attached hydrogens (tertiary/aromatic N) is 4. The van der Waals surface area contributed by atoms with Gasteiger partial charge in [0.1, 0.15) is 5.82 Å². The highest BCUT2D eigenvalue weighted by Gasteiger charge is 2.25. The highest BCUT2D eigenvalue weighted by Crippen LogP contribution is 2.31. The topological polar surface area (TPSA) is 123 Å². The zero-order valence-electron chi connectivity index (χ0n) is 26.5. The van der Waals surface area contributed by atoms with Gasteiger partial charge in [-0.1, -0.05) is 12.1 Å². The number of likely N-dealkylation sites (tertiary alicyclic amines) is 1. The molecule has 10 nitrogen and oxygen atoms in total. The van der Waals surface area contributed by atoms with Crippen molar-refractivity contribution in [3.63, 3.8) is 0 Å². The summed E-state index contributed by atoms with van der Waals surface area (Å²) in [6, 6.07) is 19.1. The maximum atomic E-state index is 13.2. The molecule has 3 heterocycles. The molecular weight excluding hydrogens is 568 g/mol. The van der Waals surface area contributed by atoms with Crippen molar-refractivity contribution in [2.45, 2.75) is 57.7 Å². The van der Waals surface area contributed by atoms with E-state index in [1.54, 1.807) is 30.9 Å². The molecule has 2 aromatic carbocycles. The number of aliphatic hydroxyl groups is 2. The van der Waals surface area contributed by atoms with Crippen LogP contribution in [-0.2, 0) is 0 Å². The van der Waals surface area contributed by atoms with Crippen LogP contribution in [0.15, 0.2) is 73.1 Å². The summed E-state index contributed by atoms with van der Waals surface area (Å²) in [6.07, 6.45) is 5.49. The van der Waals surface area contributed by atoms with Gasteiger partial charge in [-0.3, -0.25) is 9.36 Å². The molecule has 4 N–H and O–H groups in total. The number of aromatic nitrogens is 2. The van der Waals surface area contributed by atoms with Gasteiger partial charge in [-0.15, -0.1) is 0 Å². The number of rotatable bonds is 10. The average molecular weight is 613 g/mol. The number of carbonyl (C=O) groups is 2. The van der Waals surface area contributed by atoms with Gasteiger partial charge in [-0.05, 0) is 107 Å². The molecule has 0 spiro atoms. The number of carbonyl (C=O) groups excluding carboxylic acids is 2. The Morgan fingerprint density at radius 2 is 1.76 bits per heavy atom. The van der Waals surface area contributed by atoms with Crippen molar-refractivity contribution in [3.8, 4) is 0 Å². The van der Waals surface area contributed by atoms with Crippen molar-refractivity contribution in [1.82, 2.24) is 19.8 Å². The number of benzene rings is 2. The van der Waals surface area contributed by atoms with Gasteiger partial charge in [-0.25, -0.2) is 9.78 Å². The van der Waals surface area contributed by atoms with Crippen LogP contribution in [0.4, 0.5) is 22.0 Å². The summed E-state index contributed by atoms with van der Waals surface area (Å²) >= 11 is 0. The Morgan fingerprint density at radius 1 is 1.04 bits per heavy atom. The van der Waals surface area contributed by atoms with E-state index in [2.05, 4.69) is 25.4 Å². The Balaban J connectivity index is 1.28. The fourth-order valence-corrected chi connectivity index (χ4v) is 6.04. The number of piperidine rings is 1. The van der Waals surface area contributed by atoms with Crippen molar-refractivity contribution in [3.05, 3.63) is 84.2 Å². The number of fused-ring (bicyclic) bond motifs is 1. The number of hydrogen-bond donors (Lipinski definition) is 4. The predicted molar refractivity (Wildman–Crippen MR) is 178 cm³/mol. The molecule has 1 fully saturated rings. The van der Waals surface area contributed by atoms with Crippen LogP contribution in [-0.4, -0.2) is 81.5 Å². The lowest BCUT2D eigenvalue weighted by Gasteiger charge is -2.35. The summed E-state index contributed by atoms with van der Waals surface area (Å²) in [5.41, 5.74) is 3.59. The molecule has 0 radical (unpaired) electrons. The molecule has 1 aliphatic heterocycles. The van der Waals surface area contributed by atoms with Gasteiger partial charge >= 0.3 is 6.03 Å². The average Bonchev–Trinajstić information content (AvgIpc) is 3.44. The van der Waals surface area contributed by atoms with Gasteiger partial charge in [0, 0.05) is 60.9 Å². The van der Waals surface area contributed by atoms with Crippen LogP contribution in [0.5, 0.6) is 0 Å². The standard InChI is InChI=1S/C35H44N6O4/c1-24(42)12-19-40(29-9-10-31-28(21-29)15-20-41(31)34(44)36-4)30-11-16-37-32(22-30)38-33(43)27-7-5-25(6-8-27)26-13-17-39(18-14-26)23-35(2,3)45/h5-11,15-16,20-22,24,26,42,45H,12-14,17-19,23H2,1-4H3,(H,36,44)(H,37,38,43)/t24-/m0/s1. The fourth-order valence-electron chi connectivity index (χ4n) is 6.04. The van der Waals surface area contributed by atoms with E-state index in [9.17, 15) is 19.8 Å². The highest BCUT2D eigenvalue weighted by molar-refractivity contribution is 6.04. The molecule has 1 aliphatic rings. The summed E-state index contributed by atoms with van der Waals surface area (Å²) in [5, 5.41) is 26.7. The van der Waals surface area contributed by atoms with Gasteiger partial charge < -0.3 is 30.6 Å². The predicted octanol–water partition coefficient (Wildman–Crippen LogP) is 5.34. The third-order valence-electron chi connectivity index (χ3n) is 8.33. The van der Waals surface area contributed by atoms with E-state index >= 15 is 0 Å². The van der Waals surface area contributed by atoms with E-state index in [0.29, 0.717) is 36.8 Å². The number of nitrogens with one attached hydrogen (secondary N) is 2. The minimum atomic E-state index is -0.691.